The molecule has 1 saturated heterocycles. The SMILES string of the molecule is COc1ccccc1CCNC(=O)c1cnc2c(c1)N(CC1CCOCC1)C(=O)CN2. The van der Waals surface area contributed by atoms with Crippen LogP contribution in [0.15, 0.2) is 36.5 Å². The van der Waals surface area contributed by atoms with E-state index in [0.29, 0.717) is 42.5 Å². The summed E-state index contributed by atoms with van der Waals surface area (Å²) in [6, 6.07) is 9.51. The largest absolute Gasteiger partial charge is 0.496 e. The third kappa shape index (κ3) is 4.96. The molecule has 1 fully saturated rings. The Balaban J connectivity index is 1.43. The minimum atomic E-state index is -0.214. The van der Waals surface area contributed by atoms with Gasteiger partial charge in [-0.3, -0.25) is 9.59 Å². The summed E-state index contributed by atoms with van der Waals surface area (Å²) in [6.45, 7) is 2.76. The predicted molar refractivity (Wildman–Crippen MR) is 118 cm³/mol. The van der Waals surface area contributed by atoms with Crippen molar-refractivity contribution in [3.8, 4) is 5.75 Å². The molecule has 2 N–H and O–H groups in total. The predicted octanol–water partition coefficient (Wildman–Crippen LogP) is 2.25. The maximum absolute atomic E-state index is 12.7. The first kappa shape index (κ1) is 21.1. The summed E-state index contributed by atoms with van der Waals surface area (Å²) in [5.41, 5.74) is 2.14. The number of methoxy groups -OCH3 is 1. The summed E-state index contributed by atoms with van der Waals surface area (Å²) in [6.07, 6.45) is 4.07. The van der Waals surface area contributed by atoms with E-state index in [1.807, 2.05) is 24.3 Å². The molecule has 2 aliphatic rings. The molecule has 31 heavy (non-hydrogen) atoms. The van der Waals surface area contributed by atoms with Gasteiger partial charge in [-0.05, 0) is 42.9 Å². The van der Waals surface area contributed by atoms with Crippen molar-refractivity contribution in [3.05, 3.63) is 47.7 Å². The van der Waals surface area contributed by atoms with Crippen LogP contribution < -0.4 is 20.3 Å². The van der Waals surface area contributed by atoms with Crippen molar-refractivity contribution in [2.45, 2.75) is 19.3 Å². The van der Waals surface area contributed by atoms with Crippen LogP contribution in [0.3, 0.4) is 0 Å². The van der Waals surface area contributed by atoms with Gasteiger partial charge in [-0.1, -0.05) is 18.2 Å². The highest BCUT2D eigenvalue weighted by molar-refractivity contribution is 6.04. The topological polar surface area (TPSA) is 92.8 Å². The van der Waals surface area contributed by atoms with Crippen molar-refractivity contribution in [2.75, 3.05) is 50.2 Å². The van der Waals surface area contributed by atoms with Crippen molar-refractivity contribution < 1.29 is 19.1 Å². The molecule has 0 spiro atoms. The molecular weight excluding hydrogens is 396 g/mol. The Hall–Kier alpha value is -3.13. The van der Waals surface area contributed by atoms with E-state index in [4.69, 9.17) is 9.47 Å². The van der Waals surface area contributed by atoms with Gasteiger partial charge in [-0.25, -0.2) is 4.98 Å². The summed E-state index contributed by atoms with van der Waals surface area (Å²) in [4.78, 5) is 31.5. The van der Waals surface area contributed by atoms with Crippen LogP contribution in [0, 0.1) is 5.92 Å². The molecule has 1 aromatic heterocycles. The van der Waals surface area contributed by atoms with Gasteiger partial charge in [0, 0.05) is 32.5 Å². The van der Waals surface area contributed by atoms with E-state index in [1.54, 1.807) is 24.3 Å². The number of fused-ring (bicyclic) bond motifs is 1. The third-order valence-corrected chi connectivity index (χ3v) is 5.78. The third-order valence-electron chi connectivity index (χ3n) is 5.78. The Morgan fingerprint density at radius 3 is 2.94 bits per heavy atom. The zero-order valence-corrected chi connectivity index (χ0v) is 17.7. The van der Waals surface area contributed by atoms with Gasteiger partial charge in [0.2, 0.25) is 5.91 Å². The molecule has 4 rings (SSSR count). The molecule has 0 unspecified atom stereocenters. The lowest BCUT2D eigenvalue weighted by Crippen LogP contribution is -2.44. The van der Waals surface area contributed by atoms with Gasteiger partial charge in [0.05, 0.1) is 24.9 Å². The lowest BCUT2D eigenvalue weighted by atomic mass is 9.99. The van der Waals surface area contributed by atoms with E-state index in [9.17, 15) is 9.59 Å². The number of rotatable bonds is 7. The highest BCUT2D eigenvalue weighted by atomic mass is 16.5. The second kappa shape index (κ2) is 9.78. The fourth-order valence-electron chi connectivity index (χ4n) is 4.02. The van der Waals surface area contributed by atoms with Gasteiger partial charge in [-0.15, -0.1) is 0 Å². The fourth-order valence-corrected chi connectivity index (χ4v) is 4.02. The Kier molecular flexibility index (Phi) is 6.66. The molecule has 3 heterocycles. The lowest BCUT2D eigenvalue weighted by molar-refractivity contribution is -0.117. The molecule has 2 amide bonds. The van der Waals surface area contributed by atoms with E-state index in [-0.39, 0.29) is 18.4 Å². The van der Waals surface area contributed by atoms with E-state index in [2.05, 4.69) is 15.6 Å². The molecule has 2 aliphatic heterocycles. The van der Waals surface area contributed by atoms with Gasteiger partial charge in [0.15, 0.2) is 0 Å². The van der Waals surface area contributed by atoms with Crippen molar-refractivity contribution in [2.24, 2.45) is 5.92 Å². The minimum absolute atomic E-state index is 0.00507. The maximum atomic E-state index is 12.7. The molecule has 0 saturated carbocycles. The number of hydrogen-bond acceptors (Lipinski definition) is 6. The average molecular weight is 425 g/mol. The van der Waals surface area contributed by atoms with Crippen LogP contribution in [0.5, 0.6) is 5.75 Å². The van der Waals surface area contributed by atoms with Gasteiger partial charge < -0.3 is 25.0 Å². The molecule has 0 bridgehead atoms. The van der Waals surface area contributed by atoms with Crippen molar-refractivity contribution in [1.82, 2.24) is 10.3 Å². The Morgan fingerprint density at radius 1 is 1.32 bits per heavy atom. The summed E-state index contributed by atoms with van der Waals surface area (Å²) in [5, 5.41) is 5.99. The molecule has 1 aromatic carbocycles. The number of ether oxygens (including phenoxy) is 2. The lowest BCUT2D eigenvalue weighted by Gasteiger charge is -2.33. The zero-order valence-electron chi connectivity index (χ0n) is 17.7. The zero-order chi connectivity index (χ0) is 21.6. The van der Waals surface area contributed by atoms with Crippen LogP contribution in [0.1, 0.15) is 28.8 Å². The number of nitrogens with one attached hydrogen (secondary N) is 2. The molecule has 0 atom stereocenters. The number of pyridine rings is 1. The van der Waals surface area contributed by atoms with Gasteiger partial charge in [-0.2, -0.15) is 0 Å². The molecule has 8 heteroatoms. The second-order valence-electron chi connectivity index (χ2n) is 7.82. The van der Waals surface area contributed by atoms with Crippen LogP contribution in [0.2, 0.25) is 0 Å². The number of hydrogen-bond donors (Lipinski definition) is 2. The van der Waals surface area contributed by atoms with E-state index in [0.717, 1.165) is 37.4 Å². The molecule has 0 aliphatic carbocycles. The van der Waals surface area contributed by atoms with Crippen LogP contribution in [-0.4, -0.2) is 56.8 Å². The number of nitrogens with zero attached hydrogens (tertiary/aromatic N) is 2. The van der Waals surface area contributed by atoms with Crippen molar-refractivity contribution in [3.63, 3.8) is 0 Å². The number of amides is 2. The van der Waals surface area contributed by atoms with E-state index >= 15 is 0 Å². The molecule has 8 nitrogen and oxygen atoms in total. The van der Waals surface area contributed by atoms with E-state index in [1.165, 1.54) is 0 Å². The smallest absolute Gasteiger partial charge is 0.252 e. The first-order chi connectivity index (χ1) is 15.2. The first-order valence-electron chi connectivity index (χ1n) is 10.7. The molecular formula is C23H28N4O4. The second-order valence-corrected chi connectivity index (χ2v) is 7.82. The number of aromatic nitrogens is 1. The quantitative estimate of drug-likeness (QED) is 0.708. The summed E-state index contributed by atoms with van der Waals surface area (Å²) < 4.78 is 10.8. The van der Waals surface area contributed by atoms with Crippen LogP contribution in [-0.2, 0) is 16.0 Å². The average Bonchev–Trinajstić information content (AvgIpc) is 2.81. The van der Waals surface area contributed by atoms with Crippen molar-refractivity contribution >= 4 is 23.3 Å². The number of carbonyl (C=O) groups excluding carboxylic acids is 2. The minimum Gasteiger partial charge on any atom is -0.496 e. The Morgan fingerprint density at radius 2 is 2.13 bits per heavy atom. The molecule has 2 aromatic rings. The summed E-state index contributed by atoms with van der Waals surface area (Å²) in [5.74, 6) is 1.61. The highest BCUT2D eigenvalue weighted by Crippen LogP contribution is 2.30. The van der Waals surface area contributed by atoms with Gasteiger partial charge >= 0.3 is 0 Å². The van der Waals surface area contributed by atoms with Gasteiger partial charge in [0.1, 0.15) is 11.6 Å². The number of benzene rings is 1. The molecule has 164 valence electrons. The van der Waals surface area contributed by atoms with Crippen LogP contribution in [0.4, 0.5) is 11.5 Å². The maximum Gasteiger partial charge on any atom is 0.252 e. The number of para-hydroxylation sites is 1. The Bertz CT molecular complexity index is 943. The summed E-state index contributed by atoms with van der Waals surface area (Å²) >= 11 is 0. The fraction of sp³-hybridized carbons (Fsp3) is 0.435. The monoisotopic (exact) mass is 424 g/mol. The van der Waals surface area contributed by atoms with Gasteiger partial charge in [0.25, 0.3) is 5.91 Å². The Labute approximate surface area is 181 Å². The van der Waals surface area contributed by atoms with Crippen LogP contribution >= 0.6 is 0 Å². The normalized spacial score (nSPS) is 16.4. The first-order valence-corrected chi connectivity index (χ1v) is 10.7. The highest BCUT2D eigenvalue weighted by Gasteiger charge is 2.29. The number of carbonyl (C=O) groups is 2. The van der Waals surface area contributed by atoms with E-state index < -0.39 is 0 Å². The van der Waals surface area contributed by atoms with Crippen LogP contribution in [0.25, 0.3) is 0 Å². The standard InChI is InChI=1S/C23H28N4O4/c1-30-20-5-3-2-4-17(20)6-9-24-23(29)18-12-19-22(25-13-18)26-14-21(28)27(19)15-16-7-10-31-11-8-16/h2-5,12-13,16H,6-11,14-15H2,1H3,(H,24,29)(H,25,26). The summed E-state index contributed by atoms with van der Waals surface area (Å²) in [7, 11) is 1.64. The number of anilines is 2. The molecule has 0 radical (unpaired) electrons. The van der Waals surface area contributed by atoms with Crippen molar-refractivity contribution in [1.29, 1.82) is 0 Å².